The van der Waals surface area contributed by atoms with Crippen LogP contribution in [0.5, 0.6) is 0 Å². The second-order valence-corrected chi connectivity index (χ2v) is 2.36. The maximum absolute atomic E-state index is 4.89. The van der Waals surface area contributed by atoms with Gasteiger partial charge in [-0.25, -0.2) is 0 Å². The molecule has 0 atom stereocenters. The van der Waals surface area contributed by atoms with Crippen molar-refractivity contribution in [2.45, 2.75) is 13.8 Å². The number of hydrogen-bond donors (Lipinski definition) is 1. The highest BCUT2D eigenvalue weighted by molar-refractivity contribution is 7.71. The molecule has 0 radical (unpaired) electrons. The molecule has 1 N–H and O–H groups in total. The second-order valence-electron chi connectivity index (χ2n) is 1.96. The molecule has 1 aromatic rings. The van der Waals surface area contributed by atoms with Crippen LogP contribution in [0.4, 0.5) is 0 Å². The Morgan fingerprint density at radius 2 is 2.22 bits per heavy atom. The predicted octanol–water partition coefficient (Wildman–Crippen LogP) is 1.76. The van der Waals surface area contributed by atoms with Crippen LogP contribution in [0.2, 0.25) is 0 Å². The van der Waals surface area contributed by atoms with Gasteiger partial charge in [0.2, 0.25) is 0 Å². The number of H-pyrrole nitrogens is 1. The van der Waals surface area contributed by atoms with Crippen molar-refractivity contribution in [2.75, 3.05) is 0 Å². The lowest BCUT2D eigenvalue weighted by atomic mass is 10.4. The maximum atomic E-state index is 4.89. The van der Waals surface area contributed by atoms with Crippen LogP contribution in [0.25, 0.3) is 0 Å². The second kappa shape index (κ2) is 2.27. The van der Waals surface area contributed by atoms with Gasteiger partial charge in [0.25, 0.3) is 0 Å². The van der Waals surface area contributed by atoms with Gasteiger partial charge in [-0.2, -0.15) is 0 Å². The SMILES string of the molecule is Cc1c[nH]c(=S)c(C)n1. The van der Waals surface area contributed by atoms with E-state index in [0.29, 0.717) is 0 Å². The number of aromatic amines is 1. The zero-order valence-electron chi connectivity index (χ0n) is 5.43. The lowest BCUT2D eigenvalue weighted by Crippen LogP contribution is -1.88. The molecule has 1 rings (SSSR count). The summed E-state index contributed by atoms with van der Waals surface area (Å²) in [6.45, 7) is 3.82. The van der Waals surface area contributed by atoms with Crippen molar-refractivity contribution in [2.24, 2.45) is 0 Å². The molecular weight excluding hydrogens is 132 g/mol. The van der Waals surface area contributed by atoms with Gasteiger partial charge >= 0.3 is 0 Å². The largest absolute Gasteiger partial charge is 0.350 e. The predicted molar refractivity (Wildman–Crippen MR) is 38.9 cm³/mol. The number of nitrogens with zero attached hydrogens (tertiary/aromatic N) is 1. The van der Waals surface area contributed by atoms with Gasteiger partial charge < -0.3 is 4.98 Å². The molecular formula is C6H8N2S. The summed E-state index contributed by atoms with van der Waals surface area (Å²) in [6.07, 6.45) is 1.80. The molecule has 9 heavy (non-hydrogen) atoms. The molecule has 3 heteroatoms. The van der Waals surface area contributed by atoms with Crippen molar-refractivity contribution >= 4 is 12.2 Å². The van der Waals surface area contributed by atoms with Crippen LogP contribution >= 0.6 is 12.2 Å². The van der Waals surface area contributed by atoms with E-state index in [1.165, 1.54) is 0 Å². The number of nitrogens with one attached hydrogen (secondary N) is 1. The molecule has 1 heterocycles. The van der Waals surface area contributed by atoms with Crippen LogP contribution in [0.1, 0.15) is 11.4 Å². The summed E-state index contributed by atoms with van der Waals surface area (Å²) >= 11 is 4.89. The standard InChI is InChI=1S/C6H8N2S/c1-4-3-7-6(9)5(2)8-4/h3H,1-2H3,(H,7,9). The van der Waals surface area contributed by atoms with Gasteiger partial charge in [-0.05, 0) is 13.8 Å². The zero-order valence-corrected chi connectivity index (χ0v) is 6.25. The van der Waals surface area contributed by atoms with E-state index in [2.05, 4.69) is 9.97 Å². The summed E-state index contributed by atoms with van der Waals surface area (Å²) in [5.74, 6) is 0. The number of rotatable bonds is 0. The van der Waals surface area contributed by atoms with Crippen molar-refractivity contribution in [3.8, 4) is 0 Å². The number of aromatic nitrogens is 2. The normalized spacial score (nSPS) is 9.56. The molecule has 0 aliphatic carbocycles. The average Bonchev–Trinajstić information content (AvgIpc) is 1.80. The highest BCUT2D eigenvalue weighted by Crippen LogP contribution is 1.94. The fourth-order valence-corrected chi connectivity index (χ4v) is 0.727. The Bertz CT molecular complexity index is 264. The first kappa shape index (κ1) is 6.42. The van der Waals surface area contributed by atoms with E-state index in [9.17, 15) is 0 Å². The van der Waals surface area contributed by atoms with Crippen molar-refractivity contribution in [3.63, 3.8) is 0 Å². The summed E-state index contributed by atoms with van der Waals surface area (Å²) < 4.78 is 0.723. The fraction of sp³-hybridized carbons (Fsp3) is 0.333. The molecule has 1 aromatic heterocycles. The Balaban J connectivity index is 3.34. The Hall–Kier alpha value is -0.700. The van der Waals surface area contributed by atoms with Gasteiger partial charge in [-0.15, -0.1) is 0 Å². The lowest BCUT2D eigenvalue weighted by molar-refractivity contribution is 1.04. The molecule has 0 bridgehead atoms. The Morgan fingerprint density at radius 1 is 1.56 bits per heavy atom. The molecule has 0 unspecified atom stereocenters. The van der Waals surface area contributed by atoms with Crippen LogP contribution in [-0.4, -0.2) is 9.97 Å². The summed E-state index contributed by atoms with van der Waals surface area (Å²) in [5, 5.41) is 0. The van der Waals surface area contributed by atoms with E-state index in [-0.39, 0.29) is 0 Å². The van der Waals surface area contributed by atoms with Crippen LogP contribution in [0.3, 0.4) is 0 Å². The van der Waals surface area contributed by atoms with E-state index in [1.807, 2.05) is 13.8 Å². The van der Waals surface area contributed by atoms with E-state index >= 15 is 0 Å². The van der Waals surface area contributed by atoms with Crippen LogP contribution in [-0.2, 0) is 0 Å². The van der Waals surface area contributed by atoms with Crippen molar-refractivity contribution in [1.29, 1.82) is 0 Å². The summed E-state index contributed by atoms with van der Waals surface area (Å²) in [4.78, 5) is 7.06. The Labute approximate surface area is 59.0 Å². The molecule has 48 valence electrons. The van der Waals surface area contributed by atoms with Gasteiger partial charge in [0.15, 0.2) is 0 Å². The van der Waals surface area contributed by atoms with Crippen LogP contribution in [0.15, 0.2) is 6.20 Å². The highest BCUT2D eigenvalue weighted by atomic mass is 32.1. The molecule has 0 saturated heterocycles. The number of aryl methyl sites for hydroxylation is 2. The quantitative estimate of drug-likeness (QED) is 0.556. The third kappa shape index (κ3) is 1.36. The fourth-order valence-electron chi connectivity index (χ4n) is 0.622. The summed E-state index contributed by atoms with van der Waals surface area (Å²) in [7, 11) is 0. The smallest absolute Gasteiger partial charge is 0.124 e. The van der Waals surface area contributed by atoms with E-state index < -0.39 is 0 Å². The minimum atomic E-state index is 0.723. The topological polar surface area (TPSA) is 28.7 Å². The average molecular weight is 140 g/mol. The first-order chi connectivity index (χ1) is 4.20. The monoisotopic (exact) mass is 140 g/mol. The van der Waals surface area contributed by atoms with Crippen molar-refractivity contribution in [3.05, 3.63) is 22.2 Å². The summed E-state index contributed by atoms with van der Waals surface area (Å²) in [6, 6.07) is 0. The first-order valence-corrected chi connectivity index (χ1v) is 3.14. The van der Waals surface area contributed by atoms with Gasteiger partial charge in [0.1, 0.15) is 4.64 Å². The van der Waals surface area contributed by atoms with E-state index in [0.717, 1.165) is 16.0 Å². The first-order valence-electron chi connectivity index (χ1n) is 2.73. The minimum absolute atomic E-state index is 0.723. The number of hydrogen-bond acceptors (Lipinski definition) is 2. The molecule has 0 aliphatic heterocycles. The van der Waals surface area contributed by atoms with Crippen molar-refractivity contribution in [1.82, 2.24) is 9.97 Å². The van der Waals surface area contributed by atoms with Crippen LogP contribution < -0.4 is 0 Å². The molecule has 2 nitrogen and oxygen atoms in total. The summed E-state index contributed by atoms with van der Waals surface area (Å²) in [5.41, 5.74) is 1.87. The van der Waals surface area contributed by atoms with E-state index in [1.54, 1.807) is 6.20 Å². The van der Waals surface area contributed by atoms with Crippen molar-refractivity contribution < 1.29 is 0 Å². The Kier molecular flexibility index (Phi) is 1.62. The minimum Gasteiger partial charge on any atom is -0.350 e. The molecule has 0 aromatic carbocycles. The molecule has 0 spiro atoms. The molecule has 0 fully saturated rings. The van der Waals surface area contributed by atoms with Gasteiger partial charge in [0.05, 0.1) is 11.4 Å². The third-order valence-electron chi connectivity index (χ3n) is 1.08. The third-order valence-corrected chi connectivity index (χ3v) is 1.50. The maximum Gasteiger partial charge on any atom is 0.124 e. The Morgan fingerprint density at radius 3 is 2.67 bits per heavy atom. The molecule has 0 amide bonds. The molecule has 0 aliphatic rings. The van der Waals surface area contributed by atoms with Gasteiger partial charge in [-0.3, -0.25) is 4.98 Å². The van der Waals surface area contributed by atoms with Gasteiger partial charge in [0, 0.05) is 6.20 Å². The van der Waals surface area contributed by atoms with Crippen LogP contribution in [0, 0.1) is 18.5 Å². The molecule has 0 saturated carbocycles. The zero-order chi connectivity index (χ0) is 6.85. The van der Waals surface area contributed by atoms with Gasteiger partial charge in [-0.1, -0.05) is 12.2 Å². The highest BCUT2D eigenvalue weighted by Gasteiger charge is 1.87. The lowest BCUT2D eigenvalue weighted by Gasteiger charge is -1.92. The van der Waals surface area contributed by atoms with E-state index in [4.69, 9.17) is 12.2 Å².